The normalized spacial score (nSPS) is 10.2. The fourth-order valence-electron chi connectivity index (χ4n) is 0.863. The second-order valence-electron chi connectivity index (χ2n) is 3.24. The van der Waals surface area contributed by atoms with E-state index in [2.05, 4.69) is 19.2 Å². The summed E-state index contributed by atoms with van der Waals surface area (Å²) in [6, 6.07) is 0. The van der Waals surface area contributed by atoms with Gasteiger partial charge in [0.15, 0.2) is 0 Å². The topological polar surface area (TPSA) is 29.1 Å². The van der Waals surface area contributed by atoms with Crippen LogP contribution in [0.2, 0.25) is 0 Å². The van der Waals surface area contributed by atoms with Crippen LogP contribution in [0.5, 0.6) is 0 Å². The Bertz CT molecular complexity index is 110. The van der Waals surface area contributed by atoms with Crippen LogP contribution in [0.1, 0.15) is 40.0 Å². The van der Waals surface area contributed by atoms with E-state index in [0.717, 1.165) is 18.9 Å². The lowest BCUT2D eigenvalue weighted by Crippen LogP contribution is -2.23. The molecule has 1 N–H and O–H groups in total. The van der Waals surface area contributed by atoms with E-state index in [1.807, 2.05) is 6.92 Å². The van der Waals surface area contributed by atoms with Crippen molar-refractivity contribution in [3.63, 3.8) is 0 Å². The van der Waals surface area contributed by atoms with Gasteiger partial charge in [0.25, 0.3) is 0 Å². The van der Waals surface area contributed by atoms with Gasteiger partial charge in [0, 0.05) is 13.0 Å². The second-order valence-corrected chi connectivity index (χ2v) is 3.24. The number of carbonyl (C=O) groups excluding carboxylic acids is 1. The highest BCUT2D eigenvalue weighted by Gasteiger charge is 1.96. The lowest BCUT2D eigenvalue weighted by molar-refractivity contribution is -0.120. The van der Waals surface area contributed by atoms with Crippen LogP contribution in [0.4, 0.5) is 0 Å². The molecule has 0 aliphatic rings. The van der Waals surface area contributed by atoms with E-state index in [-0.39, 0.29) is 5.91 Å². The third kappa shape index (κ3) is 7.37. The SMILES string of the molecule is CCC(=O)NCCCC(C)C. The molecule has 2 nitrogen and oxygen atoms in total. The maximum atomic E-state index is 10.7. The molecule has 11 heavy (non-hydrogen) atoms. The van der Waals surface area contributed by atoms with Gasteiger partial charge >= 0.3 is 0 Å². The Morgan fingerprint density at radius 3 is 2.55 bits per heavy atom. The molecule has 0 fully saturated rings. The van der Waals surface area contributed by atoms with Gasteiger partial charge in [-0.3, -0.25) is 4.79 Å². The van der Waals surface area contributed by atoms with Gasteiger partial charge in [-0.15, -0.1) is 0 Å². The van der Waals surface area contributed by atoms with Gasteiger partial charge in [-0.1, -0.05) is 20.8 Å². The zero-order valence-corrected chi connectivity index (χ0v) is 7.81. The summed E-state index contributed by atoms with van der Waals surface area (Å²) >= 11 is 0. The first-order valence-corrected chi connectivity index (χ1v) is 4.43. The van der Waals surface area contributed by atoms with Gasteiger partial charge < -0.3 is 5.32 Å². The fraction of sp³-hybridized carbons (Fsp3) is 0.889. The van der Waals surface area contributed by atoms with Crippen molar-refractivity contribution in [2.24, 2.45) is 5.92 Å². The second kappa shape index (κ2) is 6.20. The van der Waals surface area contributed by atoms with Crippen LogP contribution in [-0.2, 0) is 4.79 Å². The summed E-state index contributed by atoms with van der Waals surface area (Å²) in [6.45, 7) is 7.10. The summed E-state index contributed by atoms with van der Waals surface area (Å²) < 4.78 is 0. The van der Waals surface area contributed by atoms with E-state index < -0.39 is 0 Å². The van der Waals surface area contributed by atoms with E-state index in [1.165, 1.54) is 6.42 Å². The van der Waals surface area contributed by atoms with Gasteiger partial charge in [0.2, 0.25) is 5.91 Å². The highest BCUT2D eigenvalue weighted by Crippen LogP contribution is 2.01. The Morgan fingerprint density at radius 2 is 2.09 bits per heavy atom. The fourth-order valence-corrected chi connectivity index (χ4v) is 0.863. The molecule has 0 spiro atoms. The molecule has 0 radical (unpaired) electrons. The molecule has 0 saturated carbocycles. The molecule has 0 aromatic rings. The van der Waals surface area contributed by atoms with Crippen molar-refractivity contribution in [1.29, 1.82) is 0 Å². The van der Waals surface area contributed by atoms with Crippen molar-refractivity contribution in [2.45, 2.75) is 40.0 Å². The minimum atomic E-state index is 0.161. The molecular formula is C9H19NO. The van der Waals surface area contributed by atoms with Crippen molar-refractivity contribution >= 4 is 5.91 Å². The van der Waals surface area contributed by atoms with Crippen LogP contribution < -0.4 is 5.32 Å². The van der Waals surface area contributed by atoms with Crippen LogP contribution in [0.25, 0.3) is 0 Å². The zero-order chi connectivity index (χ0) is 8.69. The first-order chi connectivity index (χ1) is 5.16. The average Bonchev–Trinajstić information content (AvgIpc) is 1.97. The Balaban J connectivity index is 3.08. The standard InChI is InChI=1S/C9H19NO/c1-4-9(11)10-7-5-6-8(2)3/h8H,4-7H2,1-3H3,(H,10,11). The third-order valence-electron chi connectivity index (χ3n) is 1.60. The van der Waals surface area contributed by atoms with Crippen molar-refractivity contribution in [1.82, 2.24) is 5.32 Å². The molecule has 0 aromatic heterocycles. The molecule has 0 saturated heterocycles. The number of hydrogen-bond acceptors (Lipinski definition) is 1. The molecule has 0 bridgehead atoms. The monoisotopic (exact) mass is 157 g/mol. The Hall–Kier alpha value is -0.530. The van der Waals surface area contributed by atoms with E-state index >= 15 is 0 Å². The minimum absolute atomic E-state index is 0.161. The number of carbonyl (C=O) groups is 1. The van der Waals surface area contributed by atoms with E-state index in [4.69, 9.17) is 0 Å². The lowest BCUT2D eigenvalue weighted by Gasteiger charge is -2.04. The summed E-state index contributed by atoms with van der Waals surface area (Å²) in [5, 5.41) is 2.85. The summed E-state index contributed by atoms with van der Waals surface area (Å²) in [5.74, 6) is 0.905. The van der Waals surface area contributed by atoms with Gasteiger partial charge in [0.1, 0.15) is 0 Å². The largest absolute Gasteiger partial charge is 0.356 e. The summed E-state index contributed by atoms with van der Waals surface area (Å²) in [5.41, 5.74) is 0. The third-order valence-corrected chi connectivity index (χ3v) is 1.60. The van der Waals surface area contributed by atoms with Gasteiger partial charge in [-0.25, -0.2) is 0 Å². The maximum Gasteiger partial charge on any atom is 0.219 e. The highest BCUT2D eigenvalue weighted by atomic mass is 16.1. The molecule has 0 unspecified atom stereocenters. The Kier molecular flexibility index (Phi) is 5.90. The first kappa shape index (κ1) is 10.5. The van der Waals surface area contributed by atoms with Crippen molar-refractivity contribution in [3.05, 3.63) is 0 Å². The minimum Gasteiger partial charge on any atom is -0.356 e. The van der Waals surface area contributed by atoms with Gasteiger partial charge in [-0.05, 0) is 18.8 Å². The molecule has 0 atom stereocenters. The molecule has 0 heterocycles. The molecule has 1 amide bonds. The molecule has 0 aliphatic carbocycles. The highest BCUT2D eigenvalue weighted by molar-refractivity contribution is 5.75. The van der Waals surface area contributed by atoms with Crippen LogP contribution >= 0.6 is 0 Å². The van der Waals surface area contributed by atoms with Crippen LogP contribution in [0, 0.1) is 5.92 Å². The quantitative estimate of drug-likeness (QED) is 0.607. The Labute approximate surface area is 69.4 Å². The predicted octanol–water partition coefficient (Wildman–Crippen LogP) is 1.95. The summed E-state index contributed by atoms with van der Waals surface area (Å²) in [6.07, 6.45) is 2.90. The number of rotatable bonds is 5. The Morgan fingerprint density at radius 1 is 1.45 bits per heavy atom. The maximum absolute atomic E-state index is 10.7. The van der Waals surface area contributed by atoms with Crippen LogP contribution in [0.3, 0.4) is 0 Å². The first-order valence-electron chi connectivity index (χ1n) is 4.43. The molecule has 2 heteroatoms. The van der Waals surface area contributed by atoms with Gasteiger partial charge in [0.05, 0.1) is 0 Å². The van der Waals surface area contributed by atoms with E-state index in [1.54, 1.807) is 0 Å². The summed E-state index contributed by atoms with van der Waals surface area (Å²) in [4.78, 5) is 10.7. The average molecular weight is 157 g/mol. The number of hydrogen-bond donors (Lipinski definition) is 1. The van der Waals surface area contributed by atoms with Crippen LogP contribution in [-0.4, -0.2) is 12.5 Å². The molecule has 0 aliphatic heterocycles. The number of nitrogens with one attached hydrogen (secondary N) is 1. The lowest BCUT2D eigenvalue weighted by atomic mass is 10.1. The smallest absolute Gasteiger partial charge is 0.219 e. The van der Waals surface area contributed by atoms with Crippen molar-refractivity contribution in [2.75, 3.05) is 6.54 Å². The predicted molar refractivity (Wildman–Crippen MR) is 47.4 cm³/mol. The van der Waals surface area contributed by atoms with Crippen molar-refractivity contribution in [3.8, 4) is 0 Å². The van der Waals surface area contributed by atoms with Crippen molar-refractivity contribution < 1.29 is 4.79 Å². The summed E-state index contributed by atoms with van der Waals surface area (Å²) in [7, 11) is 0. The van der Waals surface area contributed by atoms with E-state index in [9.17, 15) is 4.79 Å². The number of amides is 1. The van der Waals surface area contributed by atoms with Crippen LogP contribution in [0.15, 0.2) is 0 Å². The molecule has 0 aromatic carbocycles. The molecule has 0 rings (SSSR count). The zero-order valence-electron chi connectivity index (χ0n) is 7.81. The molecular weight excluding hydrogens is 138 g/mol. The molecule has 66 valence electrons. The van der Waals surface area contributed by atoms with Gasteiger partial charge in [-0.2, -0.15) is 0 Å². The van der Waals surface area contributed by atoms with E-state index in [0.29, 0.717) is 6.42 Å².